The van der Waals surface area contributed by atoms with Gasteiger partial charge in [0.15, 0.2) is 6.10 Å². The number of benzene rings is 2. The fourth-order valence-electron chi connectivity index (χ4n) is 1.89. The van der Waals surface area contributed by atoms with E-state index in [-0.39, 0.29) is 5.91 Å². The van der Waals surface area contributed by atoms with Crippen molar-refractivity contribution >= 4 is 23.4 Å². The second kappa shape index (κ2) is 7.53. The Morgan fingerprint density at radius 3 is 2.64 bits per heavy atom. The first-order valence-electron chi connectivity index (χ1n) is 6.75. The molecular weight excluding hydrogens is 296 g/mol. The van der Waals surface area contributed by atoms with Crippen LogP contribution in [0.25, 0.3) is 0 Å². The Morgan fingerprint density at radius 1 is 1.23 bits per heavy atom. The zero-order chi connectivity index (χ0) is 15.9. The van der Waals surface area contributed by atoms with Crippen molar-refractivity contribution in [2.45, 2.75) is 17.9 Å². The first-order chi connectivity index (χ1) is 10.7. The first-order valence-corrected chi connectivity index (χ1v) is 7.98. The lowest BCUT2D eigenvalue weighted by Gasteiger charge is -2.16. The van der Waals surface area contributed by atoms with Crippen molar-refractivity contribution < 1.29 is 9.53 Å². The van der Waals surface area contributed by atoms with Crippen LogP contribution in [0.15, 0.2) is 53.4 Å². The summed E-state index contributed by atoms with van der Waals surface area (Å²) in [6.07, 6.45) is 1.25. The molecular formula is C17H16N2O2S. The molecule has 112 valence electrons. The number of nitrogens with one attached hydrogen (secondary N) is 1. The zero-order valence-electron chi connectivity index (χ0n) is 12.4. The molecule has 0 spiro atoms. The van der Waals surface area contributed by atoms with Crippen LogP contribution in [0.1, 0.15) is 12.5 Å². The lowest BCUT2D eigenvalue weighted by Crippen LogP contribution is -2.30. The molecule has 0 fully saturated rings. The summed E-state index contributed by atoms with van der Waals surface area (Å²) in [6.45, 7) is 1.66. The number of nitrogens with zero attached hydrogens (tertiary/aromatic N) is 1. The monoisotopic (exact) mass is 312 g/mol. The topological polar surface area (TPSA) is 62.1 Å². The van der Waals surface area contributed by atoms with Crippen molar-refractivity contribution in [3.8, 4) is 11.8 Å². The molecule has 5 heteroatoms. The molecule has 0 unspecified atom stereocenters. The molecule has 0 aliphatic heterocycles. The average Bonchev–Trinajstić information content (AvgIpc) is 2.55. The number of para-hydroxylation sites is 2. The number of ether oxygens (including phenoxy) is 1. The Balaban J connectivity index is 2.08. The largest absolute Gasteiger partial charge is 0.480 e. The van der Waals surface area contributed by atoms with Gasteiger partial charge in [0.1, 0.15) is 11.8 Å². The summed E-state index contributed by atoms with van der Waals surface area (Å²) in [5.41, 5.74) is 1.16. The van der Waals surface area contributed by atoms with E-state index in [2.05, 4.69) is 5.32 Å². The number of amides is 1. The van der Waals surface area contributed by atoms with Gasteiger partial charge in [-0.3, -0.25) is 4.79 Å². The maximum atomic E-state index is 12.3. The summed E-state index contributed by atoms with van der Waals surface area (Å²) in [6, 6.07) is 16.5. The van der Waals surface area contributed by atoms with Gasteiger partial charge in [0.25, 0.3) is 5.91 Å². The zero-order valence-corrected chi connectivity index (χ0v) is 13.2. The lowest BCUT2D eigenvalue weighted by atomic mass is 10.2. The predicted octanol–water partition coefficient (Wildman–Crippen LogP) is 3.69. The maximum absolute atomic E-state index is 12.3. The number of anilines is 1. The molecule has 0 aliphatic carbocycles. The fraction of sp³-hybridized carbons (Fsp3) is 0.176. The first kappa shape index (κ1) is 15.9. The lowest BCUT2D eigenvalue weighted by molar-refractivity contribution is -0.122. The van der Waals surface area contributed by atoms with Gasteiger partial charge in [0.2, 0.25) is 0 Å². The van der Waals surface area contributed by atoms with Crippen molar-refractivity contribution in [3.05, 3.63) is 54.1 Å². The minimum Gasteiger partial charge on any atom is -0.480 e. The molecule has 0 saturated carbocycles. The van der Waals surface area contributed by atoms with Crippen molar-refractivity contribution in [1.29, 1.82) is 5.26 Å². The van der Waals surface area contributed by atoms with Crippen molar-refractivity contribution in [2.24, 2.45) is 0 Å². The molecule has 0 saturated heterocycles. The van der Waals surface area contributed by atoms with Gasteiger partial charge in [-0.1, -0.05) is 24.3 Å². The van der Waals surface area contributed by atoms with Gasteiger partial charge in [-0.15, -0.1) is 11.8 Å². The number of carbonyl (C=O) groups is 1. The molecule has 0 radical (unpaired) electrons. The number of hydrogen-bond donors (Lipinski definition) is 1. The summed E-state index contributed by atoms with van der Waals surface area (Å²) in [5.74, 6) is 0.153. The SMILES string of the molecule is CSc1ccccc1NC(=O)[C@@H](C)Oc1ccccc1C#N. The van der Waals surface area contributed by atoms with Crippen LogP contribution in [0.3, 0.4) is 0 Å². The molecule has 2 aromatic rings. The van der Waals surface area contributed by atoms with E-state index < -0.39 is 6.10 Å². The molecule has 1 N–H and O–H groups in total. The molecule has 22 heavy (non-hydrogen) atoms. The van der Waals surface area contributed by atoms with Gasteiger partial charge >= 0.3 is 0 Å². The summed E-state index contributed by atoms with van der Waals surface area (Å²) in [4.78, 5) is 13.2. The van der Waals surface area contributed by atoms with Gasteiger partial charge in [-0.25, -0.2) is 0 Å². The minimum absolute atomic E-state index is 0.255. The standard InChI is InChI=1S/C17H16N2O2S/c1-12(21-15-9-5-3-7-13(15)11-18)17(20)19-14-8-4-6-10-16(14)22-2/h3-10,12H,1-2H3,(H,19,20)/t12-/m1/s1. The average molecular weight is 312 g/mol. The van der Waals surface area contributed by atoms with E-state index in [1.807, 2.05) is 36.6 Å². The number of rotatable bonds is 5. The van der Waals surface area contributed by atoms with Crippen LogP contribution in [0.4, 0.5) is 5.69 Å². The van der Waals surface area contributed by atoms with Crippen molar-refractivity contribution in [3.63, 3.8) is 0 Å². The Hall–Kier alpha value is -2.45. The van der Waals surface area contributed by atoms with E-state index in [9.17, 15) is 4.79 Å². The van der Waals surface area contributed by atoms with Gasteiger partial charge in [-0.05, 0) is 37.4 Å². The highest BCUT2D eigenvalue weighted by atomic mass is 32.2. The molecule has 0 heterocycles. The van der Waals surface area contributed by atoms with Gasteiger partial charge in [-0.2, -0.15) is 5.26 Å². The normalized spacial score (nSPS) is 11.3. The highest BCUT2D eigenvalue weighted by molar-refractivity contribution is 7.98. The molecule has 1 amide bonds. The Labute approximate surface area is 134 Å². The van der Waals surface area contributed by atoms with E-state index in [0.29, 0.717) is 11.3 Å². The van der Waals surface area contributed by atoms with Gasteiger partial charge < -0.3 is 10.1 Å². The molecule has 2 rings (SSSR count). The van der Waals surface area contributed by atoms with Gasteiger partial charge in [0.05, 0.1) is 11.3 Å². The molecule has 1 atom stereocenters. The molecule has 0 aliphatic rings. The third kappa shape index (κ3) is 3.80. The molecule has 2 aromatic carbocycles. The van der Waals surface area contributed by atoms with Crippen LogP contribution in [0.5, 0.6) is 5.75 Å². The van der Waals surface area contributed by atoms with Crippen LogP contribution in [0.2, 0.25) is 0 Å². The predicted molar refractivity (Wildman–Crippen MR) is 88.1 cm³/mol. The maximum Gasteiger partial charge on any atom is 0.265 e. The summed E-state index contributed by atoms with van der Waals surface area (Å²) in [7, 11) is 0. The van der Waals surface area contributed by atoms with E-state index in [1.165, 1.54) is 0 Å². The number of hydrogen-bond acceptors (Lipinski definition) is 4. The second-order valence-electron chi connectivity index (χ2n) is 4.56. The number of thioether (sulfide) groups is 1. The van der Waals surface area contributed by atoms with E-state index in [4.69, 9.17) is 10.00 Å². The van der Waals surface area contributed by atoms with E-state index >= 15 is 0 Å². The van der Waals surface area contributed by atoms with Crippen molar-refractivity contribution in [2.75, 3.05) is 11.6 Å². The van der Waals surface area contributed by atoms with Gasteiger partial charge in [0, 0.05) is 4.90 Å². The van der Waals surface area contributed by atoms with Crippen LogP contribution in [-0.4, -0.2) is 18.3 Å². The number of nitriles is 1. The summed E-state index contributed by atoms with van der Waals surface area (Å²) in [5, 5.41) is 11.9. The summed E-state index contributed by atoms with van der Waals surface area (Å²) >= 11 is 1.56. The second-order valence-corrected chi connectivity index (χ2v) is 5.41. The molecule has 0 bridgehead atoms. The van der Waals surface area contributed by atoms with Crippen LogP contribution >= 0.6 is 11.8 Å². The smallest absolute Gasteiger partial charge is 0.265 e. The highest BCUT2D eigenvalue weighted by Crippen LogP contribution is 2.25. The van der Waals surface area contributed by atoms with E-state index in [1.54, 1.807) is 43.0 Å². The van der Waals surface area contributed by atoms with Crippen LogP contribution < -0.4 is 10.1 Å². The quantitative estimate of drug-likeness (QED) is 0.855. The third-order valence-electron chi connectivity index (χ3n) is 3.05. The molecule has 0 aromatic heterocycles. The fourth-order valence-corrected chi connectivity index (χ4v) is 2.44. The van der Waals surface area contributed by atoms with Crippen LogP contribution in [-0.2, 0) is 4.79 Å². The minimum atomic E-state index is -0.704. The highest BCUT2D eigenvalue weighted by Gasteiger charge is 2.17. The Kier molecular flexibility index (Phi) is 5.45. The van der Waals surface area contributed by atoms with E-state index in [0.717, 1.165) is 10.6 Å². The number of carbonyl (C=O) groups excluding carboxylic acids is 1. The Bertz CT molecular complexity index is 710. The third-order valence-corrected chi connectivity index (χ3v) is 3.84. The molecule has 4 nitrogen and oxygen atoms in total. The summed E-state index contributed by atoms with van der Waals surface area (Å²) < 4.78 is 5.60. The van der Waals surface area contributed by atoms with Crippen LogP contribution in [0, 0.1) is 11.3 Å². The van der Waals surface area contributed by atoms with Crippen molar-refractivity contribution in [1.82, 2.24) is 0 Å². The Morgan fingerprint density at radius 2 is 1.91 bits per heavy atom.